The molecule has 0 aromatic heterocycles. The van der Waals surface area contributed by atoms with Gasteiger partial charge in [0.05, 0.1) is 16.4 Å². The molecule has 6 nitrogen and oxygen atoms in total. The van der Waals surface area contributed by atoms with Crippen LogP contribution in [0.3, 0.4) is 0 Å². The van der Waals surface area contributed by atoms with E-state index in [2.05, 4.69) is 15.9 Å². The molecule has 0 unspecified atom stereocenters. The first-order valence-electron chi connectivity index (χ1n) is 5.98. The van der Waals surface area contributed by atoms with Gasteiger partial charge in [0.25, 0.3) is 0 Å². The summed E-state index contributed by atoms with van der Waals surface area (Å²) in [5, 5.41) is 0. The number of nitrogens with two attached hydrogens (primary N) is 1. The zero-order valence-electron chi connectivity index (χ0n) is 10.6. The molecule has 1 aromatic carbocycles. The molecule has 0 saturated carbocycles. The van der Waals surface area contributed by atoms with Gasteiger partial charge in [-0.1, -0.05) is 0 Å². The average Bonchev–Trinajstić information content (AvgIpc) is 2.54. The third-order valence-electron chi connectivity index (χ3n) is 3.12. The predicted octanol–water partition coefficient (Wildman–Crippen LogP) is 0.841. The number of sulfone groups is 1. The highest BCUT2D eigenvalue weighted by atomic mass is 79.9. The summed E-state index contributed by atoms with van der Waals surface area (Å²) >= 11 is 3.19. The Labute approximate surface area is 127 Å². The number of halogens is 1. The lowest BCUT2D eigenvalue weighted by molar-refractivity contribution is 0.434. The van der Waals surface area contributed by atoms with E-state index in [1.165, 1.54) is 22.5 Å². The van der Waals surface area contributed by atoms with Crippen molar-refractivity contribution in [1.82, 2.24) is 4.31 Å². The van der Waals surface area contributed by atoms with E-state index in [1.54, 1.807) is 0 Å². The van der Waals surface area contributed by atoms with Gasteiger partial charge in [-0.15, -0.1) is 0 Å². The predicted molar refractivity (Wildman–Crippen MR) is 80.6 cm³/mol. The Morgan fingerprint density at radius 1 is 1.20 bits per heavy atom. The van der Waals surface area contributed by atoms with Crippen molar-refractivity contribution in [2.45, 2.75) is 11.3 Å². The Morgan fingerprint density at radius 3 is 2.55 bits per heavy atom. The highest BCUT2D eigenvalue weighted by Crippen LogP contribution is 2.25. The van der Waals surface area contributed by atoms with E-state index < -0.39 is 19.9 Å². The zero-order valence-corrected chi connectivity index (χ0v) is 13.8. The van der Waals surface area contributed by atoms with E-state index in [4.69, 9.17) is 5.73 Å². The Hall–Kier alpha value is -0.640. The maximum atomic E-state index is 12.5. The maximum absolute atomic E-state index is 12.5. The van der Waals surface area contributed by atoms with Gasteiger partial charge in [0.1, 0.15) is 0 Å². The molecule has 1 aliphatic heterocycles. The van der Waals surface area contributed by atoms with Gasteiger partial charge in [-0.05, 0) is 40.5 Å². The molecule has 1 aromatic rings. The molecule has 0 atom stereocenters. The Morgan fingerprint density at radius 2 is 1.90 bits per heavy atom. The van der Waals surface area contributed by atoms with Crippen LogP contribution in [0.4, 0.5) is 5.69 Å². The third kappa shape index (κ3) is 3.33. The largest absolute Gasteiger partial charge is 0.398 e. The van der Waals surface area contributed by atoms with E-state index in [-0.39, 0.29) is 29.5 Å². The third-order valence-corrected chi connectivity index (χ3v) is 7.42. The second-order valence-corrected chi connectivity index (χ2v) is 9.69. The van der Waals surface area contributed by atoms with E-state index in [0.29, 0.717) is 16.6 Å². The molecule has 20 heavy (non-hydrogen) atoms. The highest BCUT2D eigenvalue weighted by Gasteiger charge is 2.29. The number of nitrogen functional groups attached to an aromatic ring is 1. The van der Waals surface area contributed by atoms with Gasteiger partial charge in [-0.3, -0.25) is 0 Å². The number of anilines is 1. The normalized spacial score (nSPS) is 20.4. The summed E-state index contributed by atoms with van der Waals surface area (Å²) < 4.78 is 49.8. The van der Waals surface area contributed by atoms with Crippen molar-refractivity contribution in [2.24, 2.45) is 0 Å². The van der Waals surface area contributed by atoms with Gasteiger partial charge in [-0.2, -0.15) is 4.31 Å². The number of sulfonamides is 1. The van der Waals surface area contributed by atoms with Crippen molar-refractivity contribution in [2.75, 3.05) is 30.3 Å². The number of rotatable bonds is 2. The lowest BCUT2D eigenvalue weighted by Gasteiger charge is -2.19. The Kier molecular flexibility index (Phi) is 4.43. The van der Waals surface area contributed by atoms with Crippen molar-refractivity contribution in [3.05, 3.63) is 22.7 Å². The first kappa shape index (κ1) is 15.7. The van der Waals surface area contributed by atoms with E-state index in [1.807, 2.05) is 0 Å². The monoisotopic (exact) mass is 382 g/mol. The van der Waals surface area contributed by atoms with Crippen LogP contribution in [0.25, 0.3) is 0 Å². The SMILES string of the molecule is Nc1ccc(S(=O)(=O)N2CCCS(=O)(=O)CC2)cc1Br. The summed E-state index contributed by atoms with van der Waals surface area (Å²) in [5.41, 5.74) is 6.08. The van der Waals surface area contributed by atoms with Crippen LogP contribution >= 0.6 is 15.9 Å². The number of benzene rings is 1. The fraction of sp³-hybridized carbons (Fsp3) is 0.455. The molecule has 1 saturated heterocycles. The molecule has 1 aliphatic rings. The molecule has 0 radical (unpaired) electrons. The fourth-order valence-corrected chi connectivity index (χ4v) is 5.40. The van der Waals surface area contributed by atoms with Crippen molar-refractivity contribution < 1.29 is 16.8 Å². The quantitative estimate of drug-likeness (QED) is 0.764. The van der Waals surface area contributed by atoms with Crippen LogP contribution in [0.2, 0.25) is 0 Å². The van der Waals surface area contributed by atoms with Crippen molar-refractivity contribution in [3.63, 3.8) is 0 Å². The molecule has 1 heterocycles. The summed E-state index contributed by atoms with van der Waals surface area (Å²) in [6, 6.07) is 4.37. The summed E-state index contributed by atoms with van der Waals surface area (Å²) in [4.78, 5) is 0.109. The van der Waals surface area contributed by atoms with Crippen molar-refractivity contribution in [3.8, 4) is 0 Å². The molecule has 0 bridgehead atoms. The Balaban J connectivity index is 2.32. The van der Waals surface area contributed by atoms with Crippen LogP contribution in [0.5, 0.6) is 0 Å². The molecule has 0 amide bonds. The second-order valence-electron chi connectivity index (χ2n) is 4.59. The van der Waals surface area contributed by atoms with Crippen LogP contribution in [-0.4, -0.2) is 45.7 Å². The van der Waals surface area contributed by atoms with Crippen molar-refractivity contribution >= 4 is 41.5 Å². The summed E-state index contributed by atoms with van der Waals surface area (Å²) in [7, 11) is -6.84. The minimum atomic E-state index is -3.69. The molecule has 2 N–H and O–H groups in total. The Bertz CT molecular complexity index is 716. The maximum Gasteiger partial charge on any atom is 0.243 e. The van der Waals surface area contributed by atoms with Crippen LogP contribution in [-0.2, 0) is 19.9 Å². The zero-order chi connectivity index (χ0) is 15.0. The lowest BCUT2D eigenvalue weighted by Crippen LogP contribution is -2.33. The van der Waals surface area contributed by atoms with E-state index in [0.717, 1.165) is 0 Å². The van der Waals surface area contributed by atoms with Crippen molar-refractivity contribution in [1.29, 1.82) is 0 Å². The topological polar surface area (TPSA) is 97.5 Å². The van der Waals surface area contributed by atoms with Gasteiger partial charge in [0.2, 0.25) is 10.0 Å². The first-order valence-corrected chi connectivity index (χ1v) is 10.0. The molecule has 0 aliphatic carbocycles. The summed E-state index contributed by atoms with van der Waals surface area (Å²) in [6.07, 6.45) is 0.317. The van der Waals surface area contributed by atoms with Gasteiger partial charge in [0.15, 0.2) is 9.84 Å². The van der Waals surface area contributed by atoms with Crippen LogP contribution in [0.15, 0.2) is 27.6 Å². The van der Waals surface area contributed by atoms with E-state index in [9.17, 15) is 16.8 Å². The molecule has 0 spiro atoms. The van der Waals surface area contributed by atoms with Crippen LogP contribution in [0.1, 0.15) is 6.42 Å². The minimum Gasteiger partial charge on any atom is -0.398 e. The smallest absolute Gasteiger partial charge is 0.243 e. The van der Waals surface area contributed by atoms with Gasteiger partial charge >= 0.3 is 0 Å². The fourth-order valence-electron chi connectivity index (χ4n) is 1.97. The second kappa shape index (κ2) is 5.63. The molecular formula is C11H15BrN2O4S2. The van der Waals surface area contributed by atoms with Crippen LogP contribution < -0.4 is 5.73 Å². The van der Waals surface area contributed by atoms with Gasteiger partial charge < -0.3 is 5.73 Å². The molecule has 112 valence electrons. The minimum absolute atomic E-state index is 0.00728. The lowest BCUT2D eigenvalue weighted by atomic mass is 10.3. The van der Waals surface area contributed by atoms with E-state index >= 15 is 0 Å². The standard InChI is InChI=1S/C11H15BrN2O4S2/c12-10-8-9(2-3-11(10)13)20(17,18)14-4-1-6-19(15,16)7-5-14/h2-3,8H,1,4-7,13H2. The molecule has 1 fully saturated rings. The molecule has 9 heteroatoms. The number of hydrogen-bond acceptors (Lipinski definition) is 5. The van der Waals surface area contributed by atoms with Crippen LogP contribution in [0, 0.1) is 0 Å². The van der Waals surface area contributed by atoms with Gasteiger partial charge in [-0.25, -0.2) is 16.8 Å². The average molecular weight is 383 g/mol. The number of nitrogens with zero attached hydrogens (tertiary/aromatic N) is 1. The number of hydrogen-bond donors (Lipinski definition) is 1. The summed E-state index contributed by atoms with van der Waals surface area (Å²) in [6.45, 7) is 0.205. The first-order chi connectivity index (χ1) is 9.22. The molecule has 2 rings (SSSR count). The van der Waals surface area contributed by atoms with Gasteiger partial charge in [0, 0.05) is 23.2 Å². The highest BCUT2D eigenvalue weighted by molar-refractivity contribution is 9.10. The molecular weight excluding hydrogens is 368 g/mol. The summed E-state index contributed by atoms with van der Waals surface area (Å²) in [5.74, 6) is -0.104.